The van der Waals surface area contributed by atoms with Crippen LogP contribution in [0.25, 0.3) is 0 Å². The Balaban J connectivity index is 3.41. The van der Waals surface area contributed by atoms with E-state index in [9.17, 15) is 19.8 Å². The van der Waals surface area contributed by atoms with Gasteiger partial charge in [0, 0.05) is 30.4 Å². The molecule has 0 saturated carbocycles. The van der Waals surface area contributed by atoms with E-state index in [0.29, 0.717) is 13.1 Å². The van der Waals surface area contributed by atoms with Gasteiger partial charge in [-0.1, -0.05) is 6.92 Å². The number of rotatable bonds is 6. The van der Waals surface area contributed by atoms with E-state index in [1.54, 1.807) is 6.92 Å². The Kier molecular flexibility index (Phi) is 5.47. The van der Waals surface area contributed by atoms with Crippen molar-refractivity contribution in [3.63, 3.8) is 0 Å². The molecule has 1 aromatic rings. The summed E-state index contributed by atoms with van der Waals surface area (Å²) >= 11 is 0. The zero-order valence-corrected chi connectivity index (χ0v) is 12.1. The molecule has 1 aromatic heterocycles. The molecule has 0 saturated heterocycles. The summed E-state index contributed by atoms with van der Waals surface area (Å²) in [7, 11) is 0. The molecule has 1 atom stereocenters. The fourth-order valence-electron chi connectivity index (χ4n) is 2.28. The molecule has 1 heterocycles. The van der Waals surface area contributed by atoms with E-state index in [1.165, 1.54) is 17.2 Å². The lowest BCUT2D eigenvalue weighted by molar-refractivity contribution is -0.152. The quantitative estimate of drug-likeness (QED) is 0.701. The molecule has 0 radical (unpaired) electrons. The van der Waals surface area contributed by atoms with Gasteiger partial charge in [0.15, 0.2) is 5.60 Å². The second-order valence-corrected chi connectivity index (χ2v) is 4.55. The molecule has 0 aromatic carbocycles. The number of aromatic amines is 1. The van der Waals surface area contributed by atoms with E-state index in [-0.39, 0.29) is 17.5 Å². The molecule has 1 rings (SSSR count). The first-order valence-electron chi connectivity index (χ1n) is 6.79. The van der Waals surface area contributed by atoms with Crippen molar-refractivity contribution in [1.82, 2.24) is 9.88 Å². The van der Waals surface area contributed by atoms with E-state index in [4.69, 9.17) is 0 Å². The number of likely N-dealkylation sites (N-methyl/N-ethyl adjacent to an activating group) is 1. The second kappa shape index (κ2) is 6.67. The van der Waals surface area contributed by atoms with Crippen molar-refractivity contribution in [2.24, 2.45) is 0 Å². The minimum absolute atomic E-state index is 0.0253. The van der Waals surface area contributed by atoms with Gasteiger partial charge in [0.25, 0.3) is 11.5 Å². The maximum absolute atomic E-state index is 12.5. The van der Waals surface area contributed by atoms with Crippen LogP contribution in [-0.2, 0) is 17.0 Å². The third-order valence-electron chi connectivity index (χ3n) is 3.58. The van der Waals surface area contributed by atoms with Gasteiger partial charge in [-0.3, -0.25) is 9.59 Å². The number of hydrogen-bond donors (Lipinski definition) is 3. The molecular weight excluding hydrogens is 260 g/mol. The topological polar surface area (TPSA) is 93.6 Å². The van der Waals surface area contributed by atoms with Gasteiger partial charge < -0.3 is 20.1 Å². The molecule has 0 aliphatic heterocycles. The zero-order chi connectivity index (χ0) is 15.3. The maximum atomic E-state index is 12.5. The lowest BCUT2D eigenvalue weighted by atomic mass is 9.87. The Morgan fingerprint density at radius 1 is 1.35 bits per heavy atom. The third-order valence-corrected chi connectivity index (χ3v) is 3.58. The minimum atomic E-state index is -1.79. The Hall–Kier alpha value is -1.66. The molecule has 6 heteroatoms. The maximum Gasteiger partial charge on any atom is 0.259 e. The number of nitrogens with one attached hydrogen (secondary N) is 1. The van der Waals surface area contributed by atoms with Crippen LogP contribution in [0.1, 0.15) is 38.3 Å². The van der Waals surface area contributed by atoms with E-state index in [1.807, 2.05) is 13.8 Å². The number of H-pyrrole nitrogens is 1. The van der Waals surface area contributed by atoms with Crippen LogP contribution in [0.5, 0.6) is 0 Å². The summed E-state index contributed by atoms with van der Waals surface area (Å²) in [5, 5.41) is 20.1. The first-order valence-corrected chi connectivity index (χ1v) is 6.79. The molecule has 112 valence electrons. The SMILES string of the molecule is CCN(CC)C(=O)C(O)(CC)c1cc[nH]c(=O)c1CO. The van der Waals surface area contributed by atoms with Crippen LogP contribution in [0.3, 0.4) is 0 Å². The smallest absolute Gasteiger partial charge is 0.259 e. The second-order valence-electron chi connectivity index (χ2n) is 4.55. The zero-order valence-electron chi connectivity index (χ0n) is 12.1. The highest BCUT2D eigenvalue weighted by molar-refractivity contribution is 5.86. The predicted molar refractivity (Wildman–Crippen MR) is 75.1 cm³/mol. The van der Waals surface area contributed by atoms with Gasteiger partial charge in [-0.2, -0.15) is 0 Å². The summed E-state index contributed by atoms with van der Waals surface area (Å²) in [6.07, 6.45) is 1.49. The lowest BCUT2D eigenvalue weighted by Gasteiger charge is -2.32. The van der Waals surface area contributed by atoms with Crippen LogP contribution in [0.15, 0.2) is 17.1 Å². The Bertz CT molecular complexity index is 522. The fourth-order valence-corrected chi connectivity index (χ4v) is 2.28. The number of aliphatic hydroxyl groups excluding tert-OH is 1. The molecule has 1 unspecified atom stereocenters. The predicted octanol–water partition coefficient (Wildman–Crippen LogP) is 0.333. The summed E-state index contributed by atoms with van der Waals surface area (Å²) in [6.45, 7) is 5.72. The molecular formula is C14H22N2O4. The molecule has 0 aliphatic rings. The first kappa shape index (κ1) is 16.4. The van der Waals surface area contributed by atoms with Crippen molar-refractivity contribution in [3.05, 3.63) is 33.7 Å². The van der Waals surface area contributed by atoms with Crippen molar-refractivity contribution >= 4 is 5.91 Å². The third kappa shape index (κ3) is 2.76. The molecule has 0 spiro atoms. The molecule has 6 nitrogen and oxygen atoms in total. The normalized spacial score (nSPS) is 13.8. The van der Waals surface area contributed by atoms with Crippen LogP contribution in [-0.4, -0.2) is 39.1 Å². The largest absolute Gasteiger partial charge is 0.391 e. The highest BCUT2D eigenvalue weighted by Crippen LogP contribution is 2.28. The van der Waals surface area contributed by atoms with E-state index >= 15 is 0 Å². The highest BCUT2D eigenvalue weighted by Gasteiger charge is 2.40. The van der Waals surface area contributed by atoms with Gasteiger partial charge in [-0.05, 0) is 26.3 Å². The van der Waals surface area contributed by atoms with E-state index in [0.717, 1.165) is 0 Å². The fraction of sp³-hybridized carbons (Fsp3) is 0.571. The van der Waals surface area contributed by atoms with Gasteiger partial charge in [-0.15, -0.1) is 0 Å². The molecule has 0 fully saturated rings. The summed E-state index contributed by atoms with van der Waals surface area (Å²) in [5.74, 6) is -0.453. The Morgan fingerprint density at radius 2 is 1.95 bits per heavy atom. The first-order chi connectivity index (χ1) is 9.46. The number of carbonyl (C=O) groups is 1. The number of nitrogens with zero attached hydrogens (tertiary/aromatic N) is 1. The highest BCUT2D eigenvalue weighted by atomic mass is 16.3. The van der Waals surface area contributed by atoms with Gasteiger partial charge in [0.2, 0.25) is 0 Å². The van der Waals surface area contributed by atoms with Gasteiger partial charge in [0.1, 0.15) is 0 Å². The van der Waals surface area contributed by atoms with Gasteiger partial charge >= 0.3 is 0 Å². The summed E-state index contributed by atoms with van der Waals surface area (Å²) < 4.78 is 0. The number of hydrogen-bond acceptors (Lipinski definition) is 4. The number of pyridine rings is 1. The summed E-state index contributed by atoms with van der Waals surface area (Å²) in [4.78, 5) is 28.2. The average molecular weight is 282 g/mol. The molecule has 0 bridgehead atoms. The molecule has 3 N–H and O–H groups in total. The van der Waals surface area contributed by atoms with Gasteiger partial charge in [-0.25, -0.2) is 0 Å². The van der Waals surface area contributed by atoms with Crippen LogP contribution < -0.4 is 5.56 Å². The van der Waals surface area contributed by atoms with Crippen LogP contribution in [0, 0.1) is 0 Å². The van der Waals surface area contributed by atoms with Crippen LogP contribution in [0.2, 0.25) is 0 Å². The Labute approximate surface area is 118 Å². The monoisotopic (exact) mass is 282 g/mol. The van der Waals surface area contributed by atoms with Crippen molar-refractivity contribution in [2.45, 2.75) is 39.4 Å². The number of aromatic nitrogens is 1. The van der Waals surface area contributed by atoms with Crippen molar-refractivity contribution in [2.75, 3.05) is 13.1 Å². The molecule has 1 amide bonds. The average Bonchev–Trinajstić information content (AvgIpc) is 2.47. The summed E-state index contributed by atoms with van der Waals surface area (Å²) in [5.41, 5.74) is -2.09. The summed E-state index contributed by atoms with van der Waals surface area (Å²) in [6, 6.07) is 1.47. The van der Waals surface area contributed by atoms with Crippen LogP contribution >= 0.6 is 0 Å². The minimum Gasteiger partial charge on any atom is -0.391 e. The standard InChI is InChI=1S/C14H22N2O4/c1-4-14(20,13(19)16(5-2)6-3)11-7-8-15-12(18)10(11)9-17/h7-8,17,20H,4-6,9H2,1-3H3,(H,15,18). The van der Waals surface area contributed by atoms with Crippen LogP contribution in [0.4, 0.5) is 0 Å². The van der Waals surface area contributed by atoms with E-state index < -0.39 is 23.7 Å². The molecule has 0 aliphatic carbocycles. The molecule has 20 heavy (non-hydrogen) atoms. The number of amides is 1. The van der Waals surface area contributed by atoms with Crippen molar-refractivity contribution in [1.29, 1.82) is 0 Å². The number of carbonyl (C=O) groups excluding carboxylic acids is 1. The number of aliphatic hydroxyl groups is 2. The van der Waals surface area contributed by atoms with Crippen molar-refractivity contribution in [3.8, 4) is 0 Å². The van der Waals surface area contributed by atoms with Crippen molar-refractivity contribution < 1.29 is 15.0 Å². The van der Waals surface area contributed by atoms with Gasteiger partial charge in [0.05, 0.1) is 6.61 Å². The Morgan fingerprint density at radius 3 is 2.40 bits per heavy atom. The van der Waals surface area contributed by atoms with E-state index in [2.05, 4.69) is 4.98 Å². The lowest BCUT2D eigenvalue weighted by Crippen LogP contribution is -2.47.